The molecule has 2 fully saturated rings. The van der Waals surface area contributed by atoms with E-state index in [0.29, 0.717) is 5.92 Å². The van der Waals surface area contributed by atoms with Crippen molar-refractivity contribution < 1.29 is 14.3 Å². The predicted molar refractivity (Wildman–Crippen MR) is 107 cm³/mol. The van der Waals surface area contributed by atoms with Crippen molar-refractivity contribution >= 4 is 17.2 Å². The van der Waals surface area contributed by atoms with Crippen molar-refractivity contribution in [3.8, 4) is 0 Å². The number of carbonyl (C=O) groups excluding carboxylic acids is 1. The Bertz CT molecular complexity index is 646. The van der Waals surface area contributed by atoms with Gasteiger partial charge in [-0.15, -0.1) is 11.3 Å². The van der Waals surface area contributed by atoms with Gasteiger partial charge in [-0.05, 0) is 56.2 Å². The van der Waals surface area contributed by atoms with Crippen molar-refractivity contribution in [1.29, 1.82) is 0 Å². The molecule has 0 bridgehead atoms. The maximum Gasteiger partial charge on any atom is 0.261 e. The molecule has 0 aliphatic carbocycles. The number of thiophene rings is 1. The summed E-state index contributed by atoms with van der Waals surface area (Å²) in [6.07, 6.45) is 6.38. The number of likely N-dealkylation sites (tertiary alicyclic amines) is 1. The molecule has 1 aromatic rings. The van der Waals surface area contributed by atoms with Gasteiger partial charge in [-0.2, -0.15) is 0 Å². The van der Waals surface area contributed by atoms with E-state index in [-0.39, 0.29) is 11.5 Å². The van der Waals surface area contributed by atoms with Crippen LogP contribution in [0.25, 0.3) is 0 Å². The number of fused-ring (bicyclic) bond motifs is 2. The molecule has 1 atom stereocenters. The van der Waals surface area contributed by atoms with Gasteiger partial charge < -0.3 is 19.7 Å². The van der Waals surface area contributed by atoms with Crippen LogP contribution < -0.4 is 5.32 Å². The zero-order chi connectivity index (χ0) is 18.7. The Morgan fingerprint density at radius 1 is 1.37 bits per heavy atom. The first-order valence-corrected chi connectivity index (χ1v) is 11.4. The van der Waals surface area contributed by atoms with Crippen molar-refractivity contribution in [1.82, 2.24) is 10.2 Å². The lowest BCUT2D eigenvalue weighted by atomic mass is 9.82. The first kappa shape index (κ1) is 19.4. The van der Waals surface area contributed by atoms with Crippen molar-refractivity contribution in [2.24, 2.45) is 5.92 Å². The van der Waals surface area contributed by atoms with Crippen LogP contribution in [0.3, 0.4) is 0 Å². The zero-order valence-electron chi connectivity index (χ0n) is 16.4. The Labute approximate surface area is 166 Å². The van der Waals surface area contributed by atoms with Crippen LogP contribution >= 0.6 is 11.3 Å². The van der Waals surface area contributed by atoms with E-state index in [4.69, 9.17) is 9.47 Å². The van der Waals surface area contributed by atoms with E-state index in [0.717, 1.165) is 83.0 Å². The van der Waals surface area contributed by atoms with Crippen molar-refractivity contribution in [2.75, 3.05) is 46.0 Å². The van der Waals surface area contributed by atoms with Gasteiger partial charge in [0.15, 0.2) is 0 Å². The molecule has 6 heteroatoms. The Morgan fingerprint density at radius 2 is 2.22 bits per heavy atom. The smallest absolute Gasteiger partial charge is 0.261 e. The molecule has 5 nitrogen and oxygen atoms in total. The van der Waals surface area contributed by atoms with Gasteiger partial charge in [0.25, 0.3) is 5.91 Å². The van der Waals surface area contributed by atoms with Crippen LogP contribution in [0.2, 0.25) is 0 Å². The van der Waals surface area contributed by atoms with Crippen LogP contribution in [-0.2, 0) is 21.5 Å². The highest BCUT2D eigenvalue weighted by Gasteiger charge is 2.42. The maximum atomic E-state index is 12.7. The van der Waals surface area contributed by atoms with E-state index in [1.54, 1.807) is 11.3 Å². The summed E-state index contributed by atoms with van der Waals surface area (Å²) < 4.78 is 11.8. The van der Waals surface area contributed by atoms with E-state index >= 15 is 0 Å². The highest BCUT2D eigenvalue weighted by molar-refractivity contribution is 7.14. The number of hydrogen-bond acceptors (Lipinski definition) is 5. The zero-order valence-corrected chi connectivity index (χ0v) is 17.2. The summed E-state index contributed by atoms with van der Waals surface area (Å²) in [5, 5.41) is 3.13. The molecule has 4 rings (SSSR count). The van der Waals surface area contributed by atoms with Crippen LogP contribution in [-0.4, -0.2) is 56.8 Å². The average Bonchev–Trinajstić information content (AvgIpc) is 3.16. The van der Waals surface area contributed by atoms with E-state index in [1.165, 1.54) is 16.9 Å². The molecule has 1 amide bonds. The Kier molecular flexibility index (Phi) is 6.17. The number of ether oxygens (including phenoxy) is 2. The first-order valence-electron chi connectivity index (χ1n) is 10.6. The van der Waals surface area contributed by atoms with Gasteiger partial charge in [-0.25, -0.2) is 0 Å². The van der Waals surface area contributed by atoms with Crippen LogP contribution in [0.5, 0.6) is 0 Å². The number of nitrogens with zero attached hydrogens (tertiary/aromatic N) is 1. The summed E-state index contributed by atoms with van der Waals surface area (Å²) in [4.78, 5) is 17.4. The van der Waals surface area contributed by atoms with Gasteiger partial charge in [0.05, 0.1) is 17.1 Å². The third kappa shape index (κ3) is 4.24. The quantitative estimate of drug-likeness (QED) is 0.836. The van der Waals surface area contributed by atoms with Crippen LogP contribution in [0, 0.1) is 5.92 Å². The molecule has 1 unspecified atom stereocenters. The highest BCUT2D eigenvalue weighted by Crippen LogP contribution is 2.44. The minimum atomic E-state index is -0.159. The highest BCUT2D eigenvalue weighted by atomic mass is 32.1. The van der Waals surface area contributed by atoms with Crippen molar-refractivity contribution in [3.05, 3.63) is 21.4 Å². The van der Waals surface area contributed by atoms with E-state index < -0.39 is 0 Å². The standard InChI is InChI=1S/C21H32N2O3S/c1-2-23-10-7-21(8-11-23)17-14-19(27-18(17)6-13-26-21)20(24)22-9-5-16-4-3-12-25-15-16/h14,16H,2-13,15H2,1H3,(H,22,24). The van der Waals surface area contributed by atoms with Gasteiger partial charge in [0.2, 0.25) is 0 Å². The monoisotopic (exact) mass is 392 g/mol. The molecule has 0 saturated carbocycles. The summed E-state index contributed by atoms with van der Waals surface area (Å²) in [7, 11) is 0. The van der Waals surface area contributed by atoms with Crippen LogP contribution in [0.4, 0.5) is 0 Å². The summed E-state index contributed by atoms with van der Waals surface area (Å²) in [6, 6.07) is 2.12. The normalized spacial score (nSPS) is 25.3. The fourth-order valence-corrected chi connectivity index (χ4v) is 5.83. The van der Waals surface area contributed by atoms with Gasteiger partial charge >= 0.3 is 0 Å². The molecule has 0 radical (unpaired) electrons. The number of nitrogens with one attached hydrogen (secondary N) is 1. The molecule has 1 N–H and O–H groups in total. The summed E-state index contributed by atoms with van der Waals surface area (Å²) in [5.74, 6) is 0.670. The van der Waals surface area contributed by atoms with Crippen LogP contribution in [0.1, 0.15) is 59.1 Å². The Balaban J connectivity index is 1.38. The van der Waals surface area contributed by atoms with Gasteiger partial charge in [-0.1, -0.05) is 6.92 Å². The fourth-order valence-electron chi connectivity index (χ4n) is 4.68. The molecule has 27 heavy (non-hydrogen) atoms. The molecule has 2 saturated heterocycles. The van der Waals surface area contributed by atoms with Crippen molar-refractivity contribution in [3.63, 3.8) is 0 Å². The first-order chi connectivity index (χ1) is 13.2. The number of amides is 1. The molecular weight excluding hydrogens is 360 g/mol. The SMILES string of the molecule is CCN1CCC2(CC1)OCCc1sc(C(=O)NCCC3CCCOC3)cc12. The minimum absolute atomic E-state index is 0.0762. The second kappa shape index (κ2) is 8.60. The number of piperidine rings is 1. The van der Waals surface area contributed by atoms with E-state index in [1.807, 2.05) is 0 Å². The topological polar surface area (TPSA) is 50.8 Å². The Hall–Kier alpha value is -0.950. The lowest BCUT2D eigenvalue weighted by Crippen LogP contribution is -2.46. The fraction of sp³-hybridized carbons (Fsp3) is 0.762. The Morgan fingerprint density at radius 3 is 2.96 bits per heavy atom. The molecule has 3 aliphatic rings. The van der Waals surface area contributed by atoms with E-state index in [2.05, 4.69) is 23.2 Å². The van der Waals surface area contributed by atoms with Gasteiger partial charge in [-0.3, -0.25) is 4.79 Å². The largest absolute Gasteiger partial charge is 0.381 e. The number of hydrogen-bond donors (Lipinski definition) is 1. The molecule has 150 valence electrons. The molecule has 3 aliphatic heterocycles. The number of rotatable bonds is 5. The molecule has 1 spiro atoms. The second-order valence-electron chi connectivity index (χ2n) is 8.10. The molecule has 0 aromatic carbocycles. The minimum Gasteiger partial charge on any atom is -0.381 e. The summed E-state index contributed by atoms with van der Waals surface area (Å²) in [6.45, 7) is 8.74. The molecule has 1 aromatic heterocycles. The molecule has 4 heterocycles. The third-order valence-corrected chi connectivity index (χ3v) is 7.63. The van der Waals surface area contributed by atoms with Crippen molar-refractivity contribution in [2.45, 2.75) is 51.0 Å². The third-order valence-electron chi connectivity index (χ3n) is 6.43. The average molecular weight is 393 g/mol. The lowest BCUT2D eigenvalue weighted by Gasteiger charge is -2.43. The predicted octanol–water partition coefficient (Wildman–Crippen LogP) is 3.18. The van der Waals surface area contributed by atoms with Crippen LogP contribution in [0.15, 0.2) is 6.07 Å². The lowest BCUT2D eigenvalue weighted by molar-refractivity contribution is -0.0964. The van der Waals surface area contributed by atoms with Gasteiger partial charge in [0, 0.05) is 44.1 Å². The maximum absolute atomic E-state index is 12.7. The number of carbonyl (C=O) groups is 1. The molecular formula is C21H32N2O3S. The second-order valence-corrected chi connectivity index (χ2v) is 9.24. The summed E-state index contributed by atoms with van der Waals surface area (Å²) >= 11 is 1.67. The van der Waals surface area contributed by atoms with Gasteiger partial charge in [0.1, 0.15) is 0 Å². The van der Waals surface area contributed by atoms with E-state index in [9.17, 15) is 4.79 Å². The summed E-state index contributed by atoms with van der Waals surface area (Å²) in [5.41, 5.74) is 1.13.